The molecule has 9 heteroatoms. The third-order valence-corrected chi connectivity index (χ3v) is 5.16. The van der Waals surface area contributed by atoms with E-state index in [1.807, 2.05) is 6.07 Å². The van der Waals surface area contributed by atoms with Gasteiger partial charge in [-0.25, -0.2) is 14.1 Å². The van der Waals surface area contributed by atoms with Crippen molar-refractivity contribution in [1.82, 2.24) is 25.4 Å². The van der Waals surface area contributed by atoms with E-state index in [0.717, 1.165) is 16.7 Å². The quantitative estimate of drug-likeness (QED) is 0.258. The first kappa shape index (κ1) is 25.1. The molecule has 1 aromatic heterocycles. The average molecular weight is 557 g/mol. The Morgan fingerprint density at radius 3 is 2.61 bits per heavy atom. The normalized spacial score (nSPS) is 11.7. The predicted molar refractivity (Wildman–Crippen MR) is 134 cm³/mol. The lowest BCUT2D eigenvalue weighted by atomic mass is 9.84. The maximum absolute atomic E-state index is 13.4. The molecule has 3 aromatic rings. The Labute approximate surface area is 204 Å². The van der Waals surface area contributed by atoms with Crippen molar-refractivity contribution in [1.29, 1.82) is 0 Å². The fourth-order valence-corrected chi connectivity index (χ4v) is 3.61. The van der Waals surface area contributed by atoms with Crippen molar-refractivity contribution in [2.45, 2.75) is 32.4 Å². The van der Waals surface area contributed by atoms with Gasteiger partial charge in [0.2, 0.25) is 0 Å². The Hall–Kier alpha value is -2.20. The monoisotopic (exact) mass is 556 g/mol. The molecule has 0 aliphatic rings. The highest BCUT2D eigenvalue weighted by atomic mass is 127. The summed E-state index contributed by atoms with van der Waals surface area (Å²) in [5.41, 5.74) is 2.86. The lowest BCUT2D eigenvalue weighted by Gasteiger charge is -2.27. The Bertz CT molecular complexity index is 1010. The fourth-order valence-electron chi connectivity index (χ4n) is 3.18. The summed E-state index contributed by atoms with van der Waals surface area (Å²) in [6.45, 7) is 6.00. The minimum absolute atomic E-state index is 0. The number of nitrogens with zero attached hydrogens (tertiary/aromatic N) is 4. The summed E-state index contributed by atoms with van der Waals surface area (Å²) in [6.07, 6.45) is 3.23. The van der Waals surface area contributed by atoms with E-state index in [9.17, 15) is 4.39 Å². The summed E-state index contributed by atoms with van der Waals surface area (Å²) in [4.78, 5) is 8.27. The van der Waals surface area contributed by atoms with Gasteiger partial charge in [0.15, 0.2) is 5.96 Å². The number of nitrogens with one attached hydrogen (secondary N) is 2. The number of hydrogen-bond donors (Lipinski definition) is 2. The number of halogens is 3. The number of rotatable bonds is 7. The van der Waals surface area contributed by atoms with Crippen LogP contribution in [-0.4, -0.2) is 34.3 Å². The van der Waals surface area contributed by atoms with Crippen LogP contribution in [0.2, 0.25) is 5.02 Å². The Kier molecular flexibility index (Phi) is 9.24. The summed E-state index contributed by atoms with van der Waals surface area (Å²) in [5.74, 6) is 0.346. The SMILES string of the molecule is CN=C(NCc1cccc(Cn2cncn2)c1)NCC(C)(C)c1ccc(F)cc1Cl.I. The van der Waals surface area contributed by atoms with Gasteiger partial charge in [0.25, 0.3) is 0 Å². The van der Waals surface area contributed by atoms with Gasteiger partial charge in [-0.05, 0) is 28.8 Å². The first-order valence-corrected chi connectivity index (χ1v) is 10.1. The number of aliphatic imine (C=N–C) groups is 1. The molecular formula is C22H27ClFIN6. The Morgan fingerprint density at radius 2 is 1.94 bits per heavy atom. The molecule has 0 aliphatic carbocycles. The van der Waals surface area contributed by atoms with E-state index in [-0.39, 0.29) is 35.2 Å². The molecule has 6 nitrogen and oxygen atoms in total. The summed E-state index contributed by atoms with van der Waals surface area (Å²) in [6, 6.07) is 12.8. The molecule has 3 rings (SSSR count). The van der Waals surface area contributed by atoms with Crippen molar-refractivity contribution in [2.24, 2.45) is 4.99 Å². The second kappa shape index (κ2) is 11.4. The van der Waals surface area contributed by atoms with Gasteiger partial charge >= 0.3 is 0 Å². The van der Waals surface area contributed by atoms with Crippen molar-refractivity contribution in [2.75, 3.05) is 13.6 Å². The molecule has 0 bridgehead atoms. The first-order valence-electron chi connectivity index (χ1n) is 9.67. The Morgan fingerprint density at radius 1 is 1.16 bits per heavy atom. The third kappa shape index (κ3) is 7.17. The number of guanidine groups is 1. The molecule has 0 atom stereocenters. The van der Waals surface area contributed by atoms with Crippen molar-refractivity contribution in [3.8, 4) is 0 Å². The maximum Gasteiger partial charge on any atom is 0.191 e. The summed E-state index contributed by atoms with van der Waals surface area (Å²) >= 11 is 6.25. The van der Waals surface area contributed by atoms with E-state index < -0.39 is 0 Å². The minimum atomic E-state index is -0.337. The molecule has 0 amide bonds. The van der Waals surface area contributed by atoms with Crippen LogP contribution < -0.4 is 10.6 Å². The van der Waals surface area contributed by atoms with Gasteiger partial charge in [0.1, 0.15) is 18.5 Å². The van der Waals surface area contributed by atoms with E-state index in [1.54, 1.807) is 24.1 Å². The second-order valence-corrected chi connectivity index (χ2v) is 8.11. The van der Waals surface area contributed by atoms with Gasteiger partial charge in [-0.1, -0.05) is 55.8 Å². The van der Waals surface area contributed by atoms with Crippen molar-refractivity contribution in [3.05, 3.63) is 82.6 Å². The lowest BCUT2D eigenvalue weighted by molar-refractivity contribution is 0.507. The molecular weight excluding hydrogens is 530 g/mol. The van der Waals surface area contributed by atoms with Crippen LogP contribution in [0.3, 0.4) is 0 Å². The van der Waals surface area contributed by atoms with Gasteiger partial charge in [-0.3, -0.25) is 4.99 Å². The molecule has 2 N–H and O–H groups in total. The van der Waals surface area contributed by atoms with E-state index in [1.165, 1.54) is 18.5 Å². The second-order valence-electron chi connectivity index (χ2n) is 7.70. The number of aromatic nitrogens is 3. The topological polar surface area (TPSA) is 67.1 Å². The minimum Gasteiger partial charge on any atom is -0.356 e. The van der Waals surface area contributed by atoms with Gasteiger partial charge in [0.05, 0.1) is 6.54 Å². The zero-order valence-corrected chi connectivity index (χ0v) is 20.9. The highest BCUT2D eigenvalue weighted by molar-refractivity contribution is 14.0. The highest BCUT2D eigenvalue weighted by Crippen LogP contribution is 2.29. The van der Waals surface area contributed by atoms with Crippen LogP contribution in [0.25, 0.3) is 0 Å². The molecule has 0 fully saturated rings. The van der Waals surface area contributed by atoms with Crippen molar-refractivity contribution in [3.63, 3.8) is 0 Å². The van der Waals surface area contributed by atoms with Crippen LogP contribution >= 0.6 is 35.6 Å². The molecule has 0 saturated carbocycles. The number of hydrogen-bond acceptors (Lipinski definition) is 3. The van der Waals surface area contributed by atoms with Crippen LogP contribution in [0.15, 0.2) is 60.1 Å². The zero-order chi connectivity index (χ0) is 21.6. The standard InChI is InChI=1S/C22H26ClFN6.HI/c1-22(2,19-8-7-18(24)10-20(19)23)13-28-21(25-3)27-11-16-5-4-6-17(9-16)12-30-15-26-14-29-30;/h4-10,14-15H,11-13H2,1-3H3,(H2,25,27,28);1H. The van der Waals surface area contributed by atoms with Gasteiger partial charge < -0.3 is 10.6 Å². The molecule has 166 valence electrons. The smallest absolute Gasteiger partial charge is 0.191 e. The van der Waals surface area contributed by atoms with Crippen LogP contribution in [0.1, 0.15) is 30.5 Å². The van der Waals surface area contributed by atoms with E-state index in [4.69, 9.17) is 11.6 Å². The van der Waals surface area contributed by atoms with Crippen LogP contribution in [0, 0.1) is 5.82 Å². The highest BCUT2D eigenvalue weighted by Gasteiger charge is 2.24. The van der Waals surface area contributed by atoms with Crippen LogP contribution in [0.5, 0.6) is 0 Å². The summed E-state index contributed by atoms with van der Waals surface area (Å²) in [5, 5.41) is 11.2. The maximum atomic E-state index is 13.4. The zero-order valence-electron chi connectivity index (χ0n) is 17.8. The number of benzene rings is 2. The molecule has 0 radical (unpaired) electrons. The molecule has 2 aromatic carbocycles. The fraction of sp³-hybridized carbons (Fsp3) is 0.318. The first-order chi connectivity index (χ1) is 14.4. The van der Waals surface area contributed by atoms with E-state index in [0.29, 0.717) is 30.6 Å². The molecule has 0 spiro atoms. The molecule has 0 saturated heterocycles. The largest absolute Gasteiger partial charge is 0.356 e. The van der Waals surface area contributed by atoms with Gasteiger partial charge in [-0.15, -0.1) is 24.0 Å². The van der Waals surface area contributed by atoms with Gasteiger partial charge in [0, 0.05) is 30.6 Å². The molecule has 0 aliphatic heterocycles. The molecule has 1 heterocycles. The van der Waals surface area contributed by atoms with Crippen molar-refractivity contribution >= 4 is 41.5 Å². The predicted octanol–water partition coefficient (Wildman–Crippen LogP) is 4.38. The summed E-state index contributed by atoms with van der Waals surface area (Å²) < 4.78 is 15.2. The lowest BCUT2D eigenvalue weighted by Crippen LogP contribution is -2.43. The van der Waals surface area contributed by atoms with Crippen molar-refractivity contribution < 1.29 is 4.39 Å². The Balaban J connectivity index is 0.00000341. The molecule has 31 heavy (non-hydrogen) atoms. The van der Waals surface area contributed by atoms with E-state index >= 15 is 0 Å². The van der Waals surface area contributed by atoms with E-state index in [2.05, 4.69) is 57.8 Å². The van der Waals surface area contributed by atoms with Gasteiger partial charge in [-0.2, -0.15) is 5.10 Å². The van der Waals surface area contributed by atoms with Crippen LogP contribution in [0.4, 0.5) is 4.39 Å². The molecule has 0 unspecified atom stereocenters. The third-order valence-electron chi connectivity index (χ3n) is 4.84. The average Bonchev–Trinajstić information content (AvgIpc) is 3.21. The summed E-state index contributed by atoms with van der Waals surface area (Å²) in [7, 11) is 1.73. The van der Waals surface area contributed by atoms with Crippen LogP contribution in [-0.2, 0) is 18.5 Å².